The van der Waals surface area contributed by atoms with E-state index in [0.717, 1.165) is 0 Å². The van der Waals surface area contributed by atoms with E-state index in [0.29, 0.717) is 19.2 Å². The number of aliphatic hydroxyl groups is 1. The van der Waals surface area contributed by atoms with Gasteiger partial charge in [-0.15, -0.1) is 0 Å². The zero-order chi connectivity index (χ0) is 12.1. The molecule has 0 rings (SSSR count). The summed E-state index contributed by atoms with van der Waals surface area (Å²) in [5.41, 5.74) is 0.221. The maximum Gasteiger partial charge on any atom is 0.0897 e. The first-order chi connectivity index (χ1) is 6.73. The third kappa shape index (κ3) is 7.77. The van der Waals surface area contributed by atoms with Crippen LogP contribution in [0.25, 0.3) is 0 Å². The molecule has 2 atom stereocenters. The Morgan fingerprint density at radius 1 is 1.20 bits per heavy atom. The Balaban J connectivity index is 3.66. The maximum atomic E-state index is 9.63. The fraction of sp³-hybridized carbons (Fsp3) is 1.00. The maximum absolute atomic E-state index is 9.63. The molecule has 0 aliphatic heterocycles. The van der Waals surface area contributed by atoms with Crippen LogP contribution < -0.4 is 5.32 Å². The van der Waals surface area contributed by atoms with Crippen LogP contribution in [0, 0.1) is 5.41 Å². The van der Waals surface area contributed by atoms with Gasteiger partial charge in [-0.3, -0.25) is 0 Å². The van der Waals surface area contributed by atoms with Crippen LogP contribution in [0.3, 0.4) is 0 Å². The van der Waals surface area contributed by atoms with Gasteiger partial charge in [0.1, 0.15) is 0 Å². The number of ether oxygens (including phenoxy) is 1. The molecule has 3 nitrogen and oxygen atoms in total. The van der Waals surface area contributed by atoms with Crippen LogP contribution in [0.4, 0.5) is 0 Å². The third-order valence-corrected chi connectivity index (χ3v) is 2.58. The van der Waals surface area contributed by atoms with Crippen molar-refractivity contribution in [2.45, 2.75) is 59.8 Å². The first-order valence-electron chi connectivity index (χ1n) is 5.76. The summed E-state index contributed by atoms with van der Waals surface area (Å²) in [4.78, 5) is 0. The summed E-state index contributed by atoms with van der Waals surface area (Å²) in [7, 11) is 0. The summed E-state index contributed by atoms with van der Waals surface area (Å²) in [6, 6.07) is 0.381. The molecule has 3 heteroatoms. The molecule has 0 spiro atoms. The molecule has 0 radical (unpaired) electrons. The van der Waals surface area contributed by atoms with Crippen LogP contribution in [0.2, 0.25) is 0 Å². The minimum absolute atomic E-state index is 0.180. The molecule has 0 aromatic heterocycles. The molecule has 15 heavy (non-hydrogen) atoms. The molecule has 0 aromatic rings. The van der Waals surface area contributed by atoms with Crippen LogP contribution in [0.1, 0.15) is 41.5 Å². The lowest BCUT2D eigenvalue weighted by atomic mass is 9.88. The van der Waals surface area contributed by atoms with Crippen molar-refractivity contribution in [3.05, 3.63) is 0 Å². The first kappa shape index (κ1) is 14.9. The molecule has 0 aliphatic rings. The fourth-order valence-corrected chi connectivity index (χ4v) is 0.981. The van der Waals surface area contributed by atoms with Crippen LogP contribution in [0.5, 0.6) is 0 Å². The second kappa shape index (κ2) is 6.46. The highest BCUT2D eigenvalue weighted by Crippen LogP contribution is 2.18. The average Bonchev–Trinajstić information content (AvgIpc) is 2.09. The predicted molar refractivity (Wildman–Crippen MR) is 64.0 cm³/mol. The topological polar surface area (TPSA) is 41.5 Å². The minimum Gasteiger partial charge on any atom is -0.389 e. The molecular formula is C12H27NO2. The van der Waals surface area contributed by atoms with Crippen LogP contribution in [0.15, 0.2) is 0 Å². The summed E-state index contributed by atoms with van der Waals surface area (Å²) in [5, 5.41) is 12.9. The van der Waals surface area contributed by atoms with Gasteiger partial charge in [0.15, 0.2) is 0 Å². The van der Waals surface area contributed by atoms with Gasteiger partial charge >= 0.3 is 0 Å². The molecular weight excluding hydrogens is 190 g/mol. The van der Waals surface area contributed by atoms with Crippen molar-refractivity contribution in [3.8, 4) is 0 Å². The summed E-state index contributed by atoms with van der Waals surface area (Å²) in [5.74, 6) is 0. The zero-order valence-corrected chi connectivity index (χ0v) is 11.0. The molecule has 0 saturated carbocycles. The van der Waals surface area contributed by atoms with Gasteiger partial charge < -0.3 is 15.2 Å². The highest BCUT2D eigenvalue weighted by molar-refractivity contribution is 4.77. The average molecular weight is 217 g/mol. The van der Waals surface area contributed by atoms with Crippen molar-refractivity contribution in [1.82, 2.24) is 5.32 Å². The Bertz CT molecular complexity index is 163. The lowest BCUT2D eigenvalue weighted by Gasteiger charge is -2.29. The Morgan fingerprint density at radius 3 is 2.13 bits per heavy atom. The Morgan fingerprint density at radius 2 is 1.73 bits per heavy atom. The second-order valence-corrected chi connectivity index (χ2v) is 5.53. The van der Waals surface area contributed by atoms with Crippen molar-refractivity contribution >= 4 is 0 Å². The van der Waals surface area contributed by atoms with Crippen LogP contribution in [-0.4, -0.2) is 36.5 Å². The van der Waals surface area contributed by atoms with E-state index in [2.05, 4.69) is 33.0 Å². The molecule has 0 aromatic carbocycles. The lowest BCUT2D eigenvalue weighted by Crippen LogP contribution is -2.42. The summed E-state index contributed by atoms with van der Waals surface area (Å²) < 4.78 is 5.33. The SMILES string of the molecule is CC(C)OC[C@@H](O)CN[C@H](C)C(C)(C)C. The normalized spacial score (nSPS) is 16.8. The molecule has 0 unspecified atom stereocenters. The van der Waals surface area contributed by atoms with E-state index < -0.39 is 6.10 Å². The quantitative estimate of drug-likeness (QED) is 0.713. The molecule has 92 valence electrons. The molecule has 0 fully saturated rings. The molecule has 2 N–H and O–H groups in total. The van der Waals surface area contributed by atoms with Gasteiger partial charge in [-0.1, -0.05) is 20.8 Å². The molecule has 0 bridgehead atoms. The van der Waals surface area contributed by atoms with E-state index >= 15 is 0 Å². The Kier molecular flexibility index (Phi) is 6.41. The number of aliphatic hydroxyl groups excluding tert-OH is 1. The lowest BCUT2D eigenvalue weighted by molar-refractivity contribution is 0.00431. The highest BCUT2D eigenvalue weighted by atomic mass is 16.5. The van der Waals surface area contributed by atoms with Crippen LogP contribution >= 0.6 is 0 Å². The van der Waals surface area contributed by atoms with E-state index in [1.165, 1.54) is 0 Å². The van der Waals surface area contributed by atoms with Crippen molar-refractivity contribution < 1.29 is 9.84 Å². The predicted octanol–water partition coefficient (Wildman–Crippen LogP) is 1.80. The van der Waals surface area contributed by atoms with Crippen molar-refractivity contribution in [1.29, 1.82) is 0 Å². The van der Waals surface area contributed by atoms with Crippen molar-refractivity contribution in [2.24, 2.45) is 5.41 Å². The van der Waals surface area contributed by atoms with E-state index in [9.17, 15) is 5.11 Å². The number of hydrogen-bond donors (Lipinski definition) is 2. The molecule has 0 saturated heterocycles. The Labute approximate surface area is 94.2 Å². The van der Waals surface area contributed by atoms with Crippen molar-refractivity contribution in [2.75, 3.05) is 13.2 Å². The number of nitrogens with one attached hydrogen (secondary N) is 1. The minimum atomic E-state index is -0.419. The molecule has 0 heterocycles. The van der Waals surface area contributed by atoms with E-state index in [-0.39, 0.29) is 11.5 Å². The molecule has 0 aliphatic carbocycles. The van der Waals surface area contributed by atoms with Gasteiger partial charge in [0.2, 0.25) is 0 Å². The van der Waals surface area contributed by atoms with Gasteiger partial charge in [0.05, 0.1) is 18.8 Å². The summed E-state index contributed by atoms with van der Waals surface area (Å²) in [6.07, 6.45) is -0.239. The largest absolute Gasteiger partial charge is 0.389 e. The second-order valence-electron chi connectivity index (χ2n) is 5.53. The van der Waals surface area contributed by atoms with Crippen LogP contribution in [-0.2, 0) is 4.74 Å². The van der Waals surface area contributed by atoms with E-state index in [4.69, 9.17) is 4.74 Å². The fourth-order valence-electron chi connectivity index (χ4n) is 0.981. The van der Waals surface area contributed by atoms with Crippen molar-refractivity contribution in [3.63, 3.8) is 0 Å². The first-order valence-corrected chi connectivity index (χ1v) is 5.76. The number of rotatable bonds is 6. The smallest absolute Gasteiger partial charge is 0.0897 e. The Hall–Kier alpha value is -0.120. The zero-order valence-electron chi connectivity index (χ0n) is 11.0. The standard InChI is InChI=1S/C12H27NO2/c1-9(2)15-8-11(14)7-13-10(3)12(4,5)6/h9-11,13-14H,7-8H2,1-6H3/t10-,11+/m1/s1. The summed E-state index contributed by atoms with van der Waals surface area (Å²) in [6.45, 7) is 13.6. The van der Waals surface area contributed by atoms with E-state index in [1.807, 2.05) is 13.8 Å². The number of hydrogen-bond acceptors (Lipinski definition) is 3. The van der Waals surface area contributed by atoms with Gasteiger partial charge in [0.25, 0.3) is 0 Å². The van der Waals surface area contributed by atoms with Gasteiger partial charge in [-0.25, -0.2) is 0 Å². The highest BCUT2D eigenvalue weighted by Gasteiger charge is 2.20. The monoisotopic (exact) mass is 217 g/mol. The third-order valence-electron chi connectivity index (χ3n) is 2.58. The molecule has 0 amide bonds. The van der Waals surface area contributed by atoms with Gasteiger partial charge in [-0.2, -0.15) is 0 Å². The van der Waals surface area contributed by atoms with Gasteiger partial charge in [-0.05, 0) is 26.2 Å². The van der Waals surface area contributed by atoms with Gasteiger partial charge in [0, 0.05) is 12.6 Å². The van der Waals surface area contributed by atoms with E-state index in [1.54, 1.807) is 0 Å². The summed E-state index contributed by atoms with van der Waals surface area (Å²) >= 11 is 0.